The predicted octanol–water partition coefficient (Wildman–Crippen LogP) is 5.81. The minimum atomic E-state index is -1.77. The average molecular weight is 577 g/mol. The molecule has 3 aliphatic rings. The van der Waals surface area contributed by atoms with Crippen molar-refractivity contribution < 1.29 is 19.3 Å². The largest absolute Gasteiger partial charge is 0.324 e. The van der Waals surface area contributed by atoms with Gasteiger partial charge in [-0.1, -0.05) is 72.3 Å². The van der Waals surface area contributed by atoms with Gasteiger partial charge in [0.25, 0.3) is 5.69 Å². The van der Waals surface area contributed by atoms with Crippen molar-refractivity contribution in [2.24, 2.45) is 10.5 Å². The molecule has 0 aromatic heterocycles. The number of nitro groups is 1. The highest BCUT2D eigenvalue weighted by Gasteiger charge is 2.72. The quantitative estimate of drug-likeness (QED) is 0.186. The van der Waals surface area contributed by atoms with E-state index >= 15 is 0 Å². The number of Topliss-reactive ketones (excluding diaryl/α,β-unsaturated/α-hetero) is 2. The molecule has 0 saturated carbocycles. The number of carbonyl (C=O) groups excluding carboxylic acids is 3. The topological polar surface area (TPSA) is 122 Å². The fourth-order valence-corrected chi connectivity index (χ4v) is 6.83. The van der Waals surface area contributed by atoms with Gasteiger partial charge in [-0.3, -0.25) is 29.5 Å². The summed E-state index contributed by atoms with van der Waals surface area (Å²) in [5.41, 5.74) is 0.968. The molecule has 2 aliphatic heterocycles. The first-order valence-electron chi connectivity index (χ1n) is 13.2. The van der Waals surface area contributed by atoms with Gasteiger partial charge in [-0.15, -0.1) is 0 Å². The zero-order chi connectivity index (χ0) is 29.2. The highest BCUT2D eigenvalue weighted by Crippen LogP contribution is 2.64. The van der Waals surface area contributed by atoms with E-state index in [4.69, 9.17) is 11.6 Å². The summed E-state index contributed by atoms with van der Waals surface area (Å²) in [6.45, 7) is 0. The molecule has 3 atom stereocenters. The number of hydrazone groups is 1. The van der Waals surface area contributed by atoms with Crippen molar-refractivity contribution in [2.75, 3.05) is 5.32 Å². The number of nitrogens with one attached hydrogen (secondary N) is 1. The van der Waals surface area contributed by atoms with Crippen molar-refractivity contribution in [3.05, 3.63) is 140 Å². The number of fused-ring (bicyclic) bond motifs is 5. The summed E-state index contributed by atoms with van der Waals surface area (Å²) < 4.78 is 0. The first-order valence-corrected chi connectivity index (χ1v) is 13.6. The molecule has 0 bridgehead atoms. The Labute approximate surface area is 244 Å². The maximum Gasteiger partial charge on any atom is 0.269 e. The van der Waals surface area contributed by atoms with E-state index in [2.05, 4.69) is 10.4 Å². The van der Waals surface area contributed by atoms with Crippen LogP contribution in [0, 0.1) is 15.5 Å². The molecule has 9 nitrogen and oxygen atoms in total. The minimum Gasteiger partial charge on any atom is -0.324 e. The fourth-order valence-electron chi connectivity index (χ4n) is 6.70. The van der Waals surface area contributed by atoms with Gasteiger partial charge in [0.05, 0.1) is 17.2 Å². The van der Waals surface area contributed by atoms with Crippen molar-refractivity contribution in [3.8, 4) is 0 Å². The number of nitrogens with zero attached hydrogens (tertiary/aromatic N) is 3. The number of anilines is 1. The molecule has 7 rings (SSSR count). The number of hydrogen-bond acceptors (Lipinski definition) is 7. The summed E-state index contributed by atoms with van der Waals surface area (Å²) >= 11 is 6.05. The first kappa shape index (κ1) is 25.8. The van der Waals surface area contributed by atoms with Crippen LogP contribution in [0.4, 0.5) is 11.4 Å². The molecule has 1 saturated heterocycles. The number of carbonyl (C=O) groups is 3. The highest BCUT2D eigenvalue weighted by atomic mass is 35.5. The summed E-state index contributed by atoms with van der Waals surface area (Å²) in [5.74, 6) is -2.34. The van der Waals surface area contributed by atoms with Gasteiger partial charge in [-0.05, 0) is 41.0 Å². The number of non-ortho nitro benzene ring substituents is 1. The van der Waals surface area contributed by atoms with Gasteiger partial charge in [-0.2, -0.15) is 5.10 Å². The van der Waals surface area contributed by atoms with Gasteiger partial charge < -0.3 is 5.32 Å². The van der Waals surface area contributed by atoms with Gasteiger partial charge >= 0.3 is 0 Å². The molecule has 2 heterocycles. The van der Waals surface area contributed by atoms with Gasteiger partial charge in [0.2, 0.25) is 5.91 Å². The lowest BCUT2D eigenvalue weighted by Crippen LogP contribution is -2.44. The second-order valence-electron chi connectivity index (χ2n) is 10.5. The Kier molecular flexibility index (Phi) is 5.81. The zero-order valence-electron chi connectivity index (χ0n) is 21.8. The summed E-state index contributed by atoms with van der Waals surface area (Å²) in [7, 11) is 0. The molecule has 0 radical (unpaired) electrons. The second kappa shape index (κ2) is 9.46. The SMILES string of the molecule is O=C(Nc1ccc(Cl)cc1)[C@@H]1[C@@H](c2ccc([N+](=O)[O-])cc2)C2(C(=O)c3ccccc3C2=O)C2c3ccccc3C=NN21. The summed E-state index contributed by atoms with van der Waals surface area (Å²) in [5, 5.41) is 21.1. The van der Waals surface area contributed by atoms with Crippen molar-refractivity contribution >= 4 is 46.7 Å². The first-order chi connectivity index (χ1) is 20.3. The summed E-state index contributed by atoms with van der Waals surface area (Å²) in [6, 6.07) is 24.2. The van der Waals surface area contributed by atoms with Crippen LogP contribution in [0.2, 0.25) is 5.02 Å². The van der Waals surface area contributed by atoms with Crippen LogP contribution in [-0.2, 0) is 4.79 Å². The fraction of sp³-hybridized carbons (Fsp3) is 0.125. The Morgan fingerprint density at radius 2 is 1.50 bits per heavy atom. The van der Waals surface area contributed by atoms with Crippen LogP contribution in [0.15, 0.2) is 102 Å². The average Bonchev–Trinajstić information content (AvgIpc) is 3.44. The van der Waals surface area contributed by atoms with E-state index in [-0.39, 0.29) is 16.8 Å². The molecule has 1 spiro atoms. The van der Waals surface area contributed by atoms with Crippen LogP contribution >= 0.6 is 11.6 Å². The minimum absolute atomic E-state index is 0.151. The highest BCUT2D eigenvalue weighted by molar-refractivity contribution is 6.31. The number of benzene rings is 4. The molecule has 4 aromatic rings. The standard InChI is InChI=1S/C32H21ClN4O5/c33-20-11-13-21(14-12-20)35-31(40)27-26(18-9-15-22(16-10-18)37(41)42)32(29(38)24-7-3-4-8-25(24)30(32)39)28-23-6-2-1-5-19(23)17-34-36(27)28/h1-17,26-28H,(H,35,40)/t26-,27+,28?/m1/s1. The summed E-state index contributed by atoms with van der Waals surface area (Å²) in [6.07, 6.45) is 1.62. The van der Waals surface area contributed by atoms with Gasteiger partial charge in [0.15, 0.2) is 11.6 Å². The van der Waals surface area contributed by atoms with Crippen LogP contribution in [-0.4, -0.2) is 39.7 Å². The number of rotatable bonds is 4. The molecule has 1 N–H and O–H groups in total. The number of amides is 1. The van der Waals surface area contributed by atoms with Crippen LogP contribution in [0.3, 0.4) is 0 Å². The maximum atomic E-state index is 14.7. The second-order valence-corrected chi connectivity index (χ2v) is 10.9. The predicted molar refractivity (Wildman–Crippen MR) is 156 cm³/mol. The smallest absolute Gasteiger partial charge is 0.269 e. The van der Waals surface area contributed by atoms with Crippen molar-refractivity contribution in [1.29, 1.82) is 0 Å². The van der Waals surface area contributed by atoms with Crippen LogP contribution in [0.25, 0.3) is 0 Å². The molecular weight excluding hydrogens is 556 g/mol. The van der Waals surface area contributed by atoms with E-state index in [1.807, 2.05) is 24.3 Å². The maximum absolute atomic E-state index is 14.7. The monoisotopic (exact) mass is 576 g/mol. The van der Waals surface area contributed by atoms with Crippen LogP contribution < -0.4 is 5.32 Å². The Bertz CT molecular complexity index is 1800. The Hall–Kier alpha value is -5.15. The zero-order valence-corrected chi connectivity index (χ0v) is 22.6. The van der Waals surface area contributed by atoms with Gasteiger partial charge in [0, 0.05) is 39.9 Å². The molecule has 206 valence electrons. The van der Waals surface area contributed by atoms with E-state index in [1.165, 1.54) is 24.3 Å². The van der Waals surface area contributed by atoms with Crippen molar-refractivity contribution in [1.82, 2.24) is 5.01 Å². The Morgan fingerprint density at radius 3 is 2.14 bits per heavy atom. The third-order valence-electron chi connectivity index (χ3n) is 8.42. The molecule has 1 unspecified atom stereocenters. The Morgan fingerprint density at radius 1 is 0.881 bits per heavy atom. The lowest BCUT2D eigenvalue weighted by molar-refractivity contribution is -0.384. The van der Waals surface area contributed by atoms with Crippen LogP contribution in [0.5, 0.6) is 0 Å². The van der Waals surface area contributed by atoms with Gasteiger partial charge in [0.1, 0.15) is 11.5 Å². The van der Waals surface area contributed by atoms with Crippen molar-refractivity contribution in [3.63, 3.8) is 0 Å². The number of hydrogen-bond donors (Lipinski definition) is 1. The third kappa shape index (κ3) is 3.56. The molecule has 4 aromatic carbocycles. The van der Waals surface area contributed by atoms with E-state index in [0.29, 0.717) is 21.8 Å². The van der Waals surface area contributed by atoms with Crippen molar-refractivity contribution in [2.45, 2.75) is 18.0 Å². The van der Waals surface area contributed by atoms with E-state index in [1.54, 1.807) is 59.8 Å². The molecule has 10 heteroatoms. The van der Waals surface area contributed by atoms with Gasteiger partial charge in [-0.25, -0.2) is 0 Å². The normalized spacial score (nSPS) is 21.2. The number of nitro benzene ring substituents is 1. The molecular formula is C32H21ClN4O5. The lowest BCUT2D eigenvalue weighted by atomic mass is 9.63. The molecule has 1 amide bonds. The van der Waals surface area contributed by atoms with E-state index < -0.39 is 45.8 Å². The molecule has 1 fully saturated rings. The van der Waals surface area contributed by atoms with Crippen LogP contribution in [0.1, 0.15) is 49.4 Å². The molecule has 42 heavy (non-hydrogen) atoms. The third-order valence-corrected chi connectivity index (χ3v) is 8.67. The molecule has 1 aliphatic carbocycles. The lowest BCUT2D eigenvalue weighted by Gasteiger charge is -2.36. The number of halogens is 1. The van der Waals surface area contributed by atoms with E-state index in [0.717, 1.165) is 5.56 Å². The summed E-state index contributed by atoms with van der Waals surface area (Å²) in [4.78, 5) is 54.5. The number of ketones is 2. The van der Waals surface area contributed by atoms with E-state index in [9.17, 15) is 24.5 Å². The Balaban J connectivity index is 1.48.